The minimum atomic E-state index is 0.553. The molecule has 2 rings (SSSR count). The van der Waals surface area contributed by atoms with Crippen LogP contribution in [-0.4, -0.2) is 6.61 Å². The molecule has 0 saturated heterocycles. The summed E-state index contributed by atoms with van der Waals surface area (Å²) in [4.78, 5) is 0. The average Bonchev–Trinajstić information content (AvgIpc) is 2.47. The van der Waals surface area contributed by atoms with Gasteiger partial charge in [0.2, 0.25) is 0 Å². The summed E-state index contributed by atoms with van der Waals surface area (Å²) in [6.07, 6.45) is 1.76. The van der Waals surface area contributed by atoms with E-state index in [1.807, 2.05) is 18.2 Å². The lowest BCUT2D eigenvalue weighted by Gasteiger charge is -2.06. The minimum absolute atomic E-state index is 0.553. The van der Waals surface area contributed by atoms with E-state index in [1.165, 1.54) is 11.1 Å². The van der Waals surface area contributed by atoms with E-state index in [0.29, 0.717) is 6.61 Å². The Bertz CT molecular complexity index is 508. The average molecular weight is 254 g/mol. The van der Waals surface area contributed by atoms with Crippen LogP contribution in [0.2, 0.25) is 0 Å². The zero-order valence-corrected chi connectivity index (χ0v) is 11.1. The molecule has 98 valence electrons. The summed E-state index contributed by atoms with van der Waals surface area (Å²) in [7, 11) is 0. The van der Waals surface area contributed by atoms with Gasteiger partial charge >= 0.3 is 0 Å². The Balaban J connectivity index is 1.84. The number of hydrogen-bond acceptors (Lipinski definition) is 1. The van der Waals surface area contributed by atoms with Crippen molar-refractivity contribution in [3.8, 4) is 5.75 Å². The lowest BCUT2D eigenvalue weighted by atomic mass is 10.2. The van der Waals surface area contributed by atoms with Crippen molar-refractivity contribution in [3.63, 3.8) is 0 Å². The lowest BCUT2D eigenvalue weighted by Crippen LogP contribution is -2.80. The molecule has 0 fully saturated rings. The first kappa shape index (κ1) is 13.4. The second kappa shape index (κ2) is 7.39. The third-order valence-corrected chi connectivity index (χ3v) is 2.87. The van der Waals surface area contributed by atoms with Gasteiger partial charge in [-0.15, -0.1) is 0 Å². The van der Waals surface area contributed by atoms with Crippen LogP contribution in [0.5, 0.6) is 5.75 Å². The molecule has 2 N–H and O–H groups in total. The standard InChI is InChI=1S/C17H19NO/c1-2-11-19-17-10-6-9-16(12-17)14-18-13-15-7-4-3-5-8-15/h2-10,12,18H,1,11,13-14H2/p+1. The SMILES string of the molecule is C=CCOc1cccc(C[NH2+]Cc2ccccc2)c1. The van der Waals surface area contributed by atoms with Crippen LogP contribution in [0.25, 0.3) is 0 Å². The van der Waals surface area contributed by atoms with Gasteiger partial charge in [0.1, 0.15) is 25.4 Å². The molecule has 0 aliphatic rings. The van der Waals surface area contributed by atoms with Crippen LogP contribution < -0.4 is 10.1 Å². The molecule has 2 aromatic rings. The van der Waals surface area contributed by atoms with Crippen LogP contribution in [0.3, 0.4) is 0 Å². The quantitative estimate of drug-likeness (QED) is 0.755. The summed E-state index contributed by atoms with van der Waals surface area (Å²) in [5, 5.41) is 2.29. The molecule has 0 amide bonds. The second-order valence-corrected chi connectivity index (χ2v) is 4.43. The van der Waals surface area contributed by atoms with Crippen molar-refractivity contribution in [2.24, 2.45) is 0 Å². The van der Waals surface area contributed by atoms with Gasteiger partial charge < -0.3 is 10.1 Å². The van der Waals surface area contributed by atoms with Gasteiger partial charge in [0.25, 0.3) is 0 Å². The molecule has 0 radical (unpaired) electrons. The Kier molecular flexibility index (Phi) is 5.20. The minimum Gasteiger partial charge on any atom is -0.490 e. The highest BCUT2D eigenvalue weighted by atomic mass is 16.5. The van der Waals surface area contributed by atoms with Crippen molar-refractivity contribution in [1.82, 2.24) is 0 Å². The number of nitrogens with two attached hydrogens (primary N) is 1. The Morgan fingerprint density at radius 1 is 0.947 bits per heavy atom. The zero-order valence-electron chi connectivity index (χ0n) is 11.1. The van der Waals surface area contributed by atoms with Gasteiger partial charge in [0, 0.05) is 11.1 Å². The predicted octanol–water partition coefficient (Wildman–Crippen LogP) is 2.52. The molecule has 0 bridgehead atoms. The van der Waals surface area contributed by atoms with E-state index in [4.69, 9.17) is 4.74 Å². The highest BCUT2D eigenvalue weighted by Crippen LogP contribution is 2.12. The van der Waals surface area contributed by atoms with Crippen molar-refractivity contribution in [1.29, 1.82) is 0 Å². The number of benzene rings is 2. The maximum atomic E-state index is 5.53. The van der Waals surface area contributed by atoms with E-state index in [2.05, 4.69) is 48.3 Å². The predicted molar refractivity (Wildman–Crippen MR) is 77.9 cm³/mol. The molecule has 2 aromatic carbocycles. The van der Waals surface area contributed by atoms with E-state index in [-0.39, 0.29) is 0 Å². The molecular weight excluding hydrogens is 234 g/mol. The molecule has 0 aliphatic carbocycles. The molecule has 0 aromatic heterocycles. The van der Waals surface area contributed by atoms with E-state index >= 15 is 0 Å². The fourth-order valence-electron chi connectivity index (χ4n) is 1.94. The van der Waals surface area contributed by atoms with Crippen molar-refractivity contribution in [2.75, 3.05) is 6.61 Å². The monoisotopic (exact) mass is 254 g/mol. The third kappa shape index (κ3) is 4.60. The summed E-state index contributed by atoms with van der Waals surface area (Å²) in [6.45, 7) is 6.16. The fraction of sp³-hybridized carbons (Fsp3) is 0.176. The van der Waals surface area contributed by atoms with Crippen LogP contribution in [-0.2, 0) is 13.1 Å². The van der Waals surface area contributed by atoms with Crippen LogP contribution in [0.4, 0.5) is 0 Å². The van der Waals surface area contributed by atoms with E-state index in [1.54, 1.807) is 6.08 Å². The molecule has 0 heterocycles. The summed E-state index contributed by atoms with van der Waals surface area (Å²) in [5.74, 6) is 0.908. The fourth-order valence-corrected chi connectivity index (χ4v) is 1.94. The summed E-state index contributed by atoms with van der Waals surface area (Å²) >= 11 is 0. The van der Waals surface area contributed by atoms with Crippen molar-refractivity contribution < 1.29 is 10.1 Å². The molecule has 0 saturated carbocycles. The van der Waals surface area contributed by atoms with E-state index in [9.17, 15) is 0 Å². The van der Waals surface area contributed by atoms with Crippen LogP contribution in [0.1, 0.15) is 11.1 Å². The van der Waals surface area contributed by atoms with Crippen molar-refractivity contribution >= 4 is 0 Å². The smallest absolute Gasteiger partial charge is 0.120 e. The highest BCUT2D eigenvalue weighted by molar-refractivity contribution is 5.28. The Hall–Kier alpha value is -2.06. The summed E-state index contributed by atoms with van der Waals surface area (Å²) in [5.41, 5.74) is 2.62. The molecule has 0 atom stereocenters. The van der Waals surface area contributed by atoms with Crippen molar-refractivity contribution in [3.05, 3.63) is 78.4 Å². The Morgan fingerprint density at radius 2 is 1.68 bits per heavy atom. The second-order valence-electron chi connectivity index (χ2n) is 4.43. The molecular formula is C17H20NO+. The lowest BCUT2D eigenvalue weighted by molar-refractivity contribution is -0.686. The Morgan fingerprint density at radius 3 is 2.47 bits per heavy atom. The van der Waals surface area contributed by atoms with Crippen molar-refractivity contribution in [2.45, 2.75) is 13.1 Å². The van der Waals surface area contributed by atoms with Gasteiger partial charge in [-0.05, 0) is 12.1 Å². The van der Waals surface area contributed by atoms with Gasteiger partial charge in [0.15, 0.2) is 0 Å². The summed E-state index contributed by atoms with van der Waals surface area (Å²) in [6, 6.07) is 18.7. The van der Waals surface area contributed by atoms with Gasteiger partial charge in [-0.25, -0.2) is 0 Å². The normalized spacial score (nSPS) is 10.1. The van der Waals surface area contributed by atoms with Gasteiger partial charge in [-0.1, -0.05) is 55.1 Å². The molecule has 0 unspecified atom stereocenters. The third-order valence-electron chi connectivity index (χ3n) is 2.87. The van der Waals surface area contributed by atoms with Crippen LogP contribution in [0, 0.1) is 0 Å². The van der Waals surface area contributed by atoms with E-state index in [0.717, 1.165) is 18.8 Å². The number of rotatable bonds is 7. The van der Waals surface area contributed by atoms with Crippen LogP contribution >= 0.6 is 0 Å². The van der Waals surface area contributed by atoms with E-state index < -0.39 is 0 Å². The first-order valence-electron chi connectivity index (χ1n) is 6.56. The van der Waals surface area contributed by atoms with Gasteiger partial charge in [-0.2, -0.15) is 0 Å². The molecule has 19 heavy (non-hydrogen) atoms. The van der Waals surface area contributed by atoms with Crippen LogP contribution in [0.15, 0.2) is 67.3 Å². The summed E-state index contributed by atoms with van der Waals surface area (Å²) < 4.78 is 5.53. The Labute approximate surface area is 114 Å². The highest BCUT2D eigenvalue weighted by Gasteiger charge is 1.99. The topological polar surface area (TPSA) is 25.8 Å². The zero-order chi connectivity index (χ0) is 13.3. The van der Waals surface area contributed by atoms with Gasteiger partial charge in [-0.3, -0.25) is 0 Å². The first-order chi connectivity index (χ1) is 9.38. The maximum absolute atomic E-state index is 5.53. The molecule has 2 nitrogen and oxygen atoms in total. The molecule has 0 spiro atoms. The molecule has 2 heteroatoms. The maximum Gasteiger partial charge on any atom is 0.120 e. The largest absolute Gasteiger partial charge is 0.490 e. The number of hydrogen-bond donors (Lipinski definition) is 1. The number of ether oxygens (including phenoxy) is 1. The number of quaternary nitrogens is 1. The van der Waals surface area contributed by atoms with Gasteiger partial charge in [0.05, 0.1) is 0 Å². The molecule has 0 aliphatic heterocycles. The first-order valence-corrected chi connectivity index (χ1v) is 6.56.